The number of pyridine rings is 1. The number of piperidine rings is 1. The highest BCUT2D eigenvalue weighted by atomic mass is 16.5. The second-order valence-corrected chi connectivity index (χ2v) is 13.1. The molecule has 0 unspecified atom stereocenters. The third-order valence-corrected chi connectivity index (χ3v) is 9.97. The Morgan fingerprint density at radius 3 is 2.39 bits per heavy atom. The fourth-order valence-electron chi connectivity index (χ4n) is 6.93. The lowest BCUT2D eigenvalue weighted by atomic mass is 9.75. The van der Waals surface area contributed by atoms with E-state index in [1.807, 2.05) is 70.5 Å². The lowest BCUT2D eigenvalue weighted by Gasteiger charge is -2.43. The summed E-state index contributed by atoms with van der Waals surface area (Å²) < 4.78 is 12.0. The zero-order valence-corrected chi connectivity index (χ0v) is 26.7. The molecular formula is C37H43N5O4. The van der Waals surface area contributed by atoms with Crippen LogP contribution >= 0.6 is 0 Å². The molecule has 240 valence electrons. The summed E-state index contributed by atoms with van der Waals surface area (Å²) >= 11 is 0. The molecule has 0 radical (unpaired) electrons. The van der Waals surface area contributed by atoms with Gasteiger partial charge in [-0.25, -0.2) is 4.98 Å². The number of aromatic nitrogens is 1. The van der Waals surface area contributed by atoms with E-state index in [2.05, 4.69) is 16.0 Å². The summed E-state index contributed by atoms with van der Waals surface area (Å²) in [6.45, 7) is 4.67. The first kappa shape index (κ1) is 31.6. The molecule has 3 aromatic rings. The zero-order chi connectivity index (χ0) is 32.0. The third-order valence-electron chi connectivity index (χ3n) is 9.97. The molecular weight excluding hydrogens is 578 g/mol. The number of amides is 2. The molecule has 3 heterocycles. The number of fused-ring (bicyclic) bond motifs is 1. The van der Waals surface area contributed by atoms with Crippen molar-refractivity contribution in [3.63, 3.8) is 0 Å². The van der Waals surface area contributed by atoms with E-state index in [4.69, 9.17) is 9.47 Å². The van der Waals surface area contributed by atoms with Crippen molar-refractivity contribution in [3.05, 3.63) is 89.6 Å². The van der Waals surface area contributed by atoms with E-state index >= 15 is 0 Å². The molecule has 46 heavy (non-hydrogen) atoms. The van der Waals surface area contributed by atoms with Crippen molar-refractivity contribution in [3.8, 4) is 11.8 Å². The van der Waals surface area contributed by atoms with Crippen molar-refractivity contribution in [1.82, 2.24) is 14.8 Å². The summed E-state index contributed by atoms with van der Waals surface area (Å²) in [4.78, 5) is 38.4. The van der Waals surface area contributed by atoms with Gasteiger partial charge in [0.2, 0.25) is 5.91 Å². The standard InChI is InChI=1S/C37H43N5O4/c1-45-28-37(15-16-37)35(44)41-20-17-36(18-21-41)14-7-19-40(33-13-12-30(24-38)25-39-33)22-23-42(26-29-8-3-2-4-9-29)34(43)31-10-5-6-11-32(31)46-27-36/h2-6,8-13,25H,7,14-23,26-28H2,1H3. The van der Waals surface area contributed by atoms with Gasteiger partial charge in [-0.15, -0.1) is 0 Å². The fraction of sp³-hybridized carbons (Fsp3) is 0.459. The van der Waals surface area contributed by atoms with E-state index in [0.717, 1.165) is 56.5 Å². The van der Waals surface area contributed by atoms with E-state index in [1.54, 1.807) is 19.4 Å². The number of carbonyl (C=O) groups excluding carboxylic acids is 2. The van der Waals surface area contributed by atoms with Gasteiger partial charge in [0.15, 0.2) is 0 Å². The van der Waals surface area contributed by atoms with Crippen molar-refractivity contribution in [2.24, 2.45) is 10.8 Å². The smallest absolute Gasteiger partial charge is 0.257 e. The molecule has 2 aliphatic heterocycles. The number of para-hydroxylation sites is 1. The van der Waals surface area contributed by atoms with Crippen molar-refractivity contribution in [2.45, 2.75) is 45.1 Å². The third kappa shape index (κ3) is 7.02. The SMILES string of the molecule is COCC1(C(=O)N2CCC3(CCCN(c4ccc(C#N)cn4)CCN(Cc4ccccc4)C(=O)c4ccccc4OC3)CC2)CC1. The minimum Gasteiger partial charge on any atom is -0.492 e. The molecule has 2 amide bonds. The van der Waals surface area contributed by atoms with Gasteiger partial charge in [0.1, 0.15) is 17.6 Å². The molecule has 1 spiro atoms. The molecule has 9 heteroatoms. The average molecular weight is 622 g/mol. The van der Waals surface area contributed by atoms with Crippen LogP contribution in [-0.2, 0) is 16.1 Å². The van der Waals surface area contributed by atoms with Crippen molar-refractivity contribution in [1.29, 1.82) is 5.26 Å². The van der Waals surface area contributed by atoms with Gasteiger partial charge in [-0.2, -0.15) is 5.26 Å². The number of ether oxygens (including phenoxy) is 2. The maximum atomic E-state index is 14.2. The number of anilines is 1. The summed E-state index contributed by atoms with van der Waals surface area (Å²) in [6, 6.07) is 23.4. The van der Waals surface area contributed by atoms with Gasteiger partial charge in [-0.05, 0) is 68.4 Å². The minimum absolute atomic E-state index is 0.0752. The highest BCUT2D eigenvalue weighted by Crippen LogP contribution is 2.48. The molecule has 1 aromatic heterocycles. The topological polar surface area (TPSA) is 99.0 Å². The Bertz CT molecular complexity index is 1540. The summed E-state index contributed by atoms with van der Waals surface area (Å²) in [5.74, 6) is 1.54. The van der Waals surface area contributed by atoms with Crippen LogP contribution in [0, 0.1) is 22.2 Å². The lowest BCUT2D eigenvalue weighted by molar-refractivity contribution is -0.142. The number of hydrogen-bond donors (Lipinski definition) is 0. The van der Waals surface area contributed by atoms with Gasteiger partial charge in [0.25, 0.3) is 5.91 Å². The van der Waals surface area contributed by atoms with Gasteiger partial charge in [0.05, 0.1) is 29.8 Å². The number of nitriles is 1. The average Bonchev–Trinajstić information content (AvgIpc) is 3.89. The molecule has 6 rings (SSSR count). The number of rotatable bonds is 6. The number of hydrogen-bond acceptors (Lipinski definition) is 7. The molecule has 9 nitrogen and oxygen atoms in total. The first-order chi connectivity index (χ1) is 22.4. The maximum Gasteiger partial charge on any atom is 0.257 e. The van der Waals surface area contributed by atoms with Crippen LogP contribution in [0.1, 0.15) is 60.0 Å². The van der Waals surface area contributed by atoms with Crippen molar-refractivity contribution >= 4 is 17.6 Å². The second kappa shape index (κ2) is 13.9. The van der Waals surface area contributed by atoms with Crippen LogP contribution < -0.4 is 9.64 Å². The number of methoxy groups -OCH3 is 1. The van der Waals surface area contributed by atoms with E-state index in [9.17, 15) is 14.9 Å². The highest BCUT2D eigenvalue weighted by molar-refractivity contribution is 5.97. The number of nitrogens with zero attached hydrogens (tertiary/aromatic N) is 5. The molecule has 0 bridgehead atoms. The predicted molar refractivity (Wildman–Crippen MR) is 175 cm³/mol. The maximum absolute atomic E-state index is 14.2. The van der Waals surface area contributed by atoms with Crippen LogP contribution in [0.4, 0.5) is 5.82 Å². The van der Waals surface area contributed by atoms with Gasteiger partial charge in [-0.1, -0.05) is 42.5 Å². The van der Waals surface area contributed by atoms with Crippen molar-refractivity contribution < 1.29 is 19.1 Å². The predicted octanol–water partition coefficient (Wildman–Crippen LogP) is 5.31. The number of carbonyl (C=O) groups is 2. The Hall–Kier alpha value is -4.42. The summed E-state index contributed by atoms with van der Waals surface area (Å²) in [5, 5.41) is 9.34. The molecule has 0 N–H and O–H groups in total. The summed E-state index contributed by atoms with van der Waals surface area (Å²) in [5.41, 5.74) is 1.66. The first-order valence-corrected chi connectivity index (χ1v) is 16.4. The monoisotopic (exact) mass is 621 g/mol. The number of likely N-dealkylation sites (tertiary alicyclic amines) is 1. The van der Waals surface area contributed by atoms with Crippen molar-refractivity contribution in [2.75, 3.05) is 57.9 Å². The van der Waals surface area contributed by atoms with Crippen LogP contribution in [0.5, 0.6) is 5.75 Å². The van der Waals surface area contributed by atoms with Gasteiger partial charge >= 0.3 is 0 Å². The minimum atomic E-state index is -0.333. The molecule has 1 aliphatic carbocycles. The quantitative estimate of drug-likeness (QED) is 0.368. The Morgan fingerprint density at radius 1 is 0.935 bits per heavy atom. The Labute approximate surface area is 271 Å². The molecule has 1 saturated heterocycles. The second-order valence-electron chi connectivity index (χ2n) is 13.1. The van der Waals surface area contributed by atoms with E-state index in [-0.39, 0.29) is 22.6 Å². The number of benzene rings is 2. The largest absolute Gasteiger partial charge is 0.492 e. The Balaban J connectivity index is 1.27. The van der Waals surface area contributed by atoms with Crippen LogP contribution in [0.3, 0.4) is 0 Å². The van der Waals surface area contributed by atoms with Gasteiger partial charge in [-0.3, -0.25) is 9.59 Å². The Kier molecular flexibility index (Phi) is 9.55. The van der Waals surface area contributed by atoms with Crippen LogP contribution in [-0.4, -0.2) is 79.6 Å². The summed E-state index contributed by atoms with van der Waals surface area (Å²) in [7, 11) is 1.67. The van der Waals surface area contributed by atoms with Gasteiger partial charge < -0.3 is 24.2 Å². The van der Waals surface area contributed by atoms with E-state index < -0.39 is 0 Å². The van der Waals surface area contributed by atoms with Crippen LogP contribution in [0.15, 0.2) is 72.9 Å². The van der Waals surface area contributed by atoms with Crippen LogP contribution in [0.25, 0.3) is 0 Å². The normalized spacial score (nSPS) is 19.6. The molecule has 1 saturated carbocycles. The molecule has 2 fully saturated rings. The highest BCUT2D eigenvalue weighted by Gasteiger charge is 2.52. The Morgan fingerprint density at radius 2 is 1.70 bits per heavy atom. The summed E-state index contributed by atoms with van der Waals surface area (Å²) in [6.07, 6.45) is 6.92. The molecule has 2 aromatic carbocycles. The zero-order valence-electron chi connectivity index (χ0n) is 26.7. The van der Waals surface area contributed by atoms with E-state index in [0.29, 0.717) is 62.8 Å². The van der Waals surface area contributed by atoms with E-state index in [1.165, 1.54) is 0 Å². The first-order valence-electron chi connectivity index (χ1n) is 16.4. The van der Waals surface area contributed by atoms with Crippen LogP contribution in [0.2, 0.25) is 0 Å². The lowest BCUT2D eigenvalue weighted by Crippen LogP contribution is -2.48. The molecule has 3 aliphatic rings. The van der Waals surface area contributed by atoms with Gasteiger partial charge in [0, 0.05) is 58.0 Å². The fourth-order valence-corrected chi connectivity index (χ4v) is 6.93. The molecule has 0 atom stereocenters.